The van der Waals surface area contributed by atoms with Crippen molar-refractivity contribution < 1.29 is 39.1 Å². The number of carboxylic acids is 2. The second-order valence-electron chi connectivity index (χ2n) is 9.65. The minimum atomic E-state index is -1.79. The maximum Gasteiger partial charge on any atom is 0.395 e. The molecule has 13 heteroatoms. The van der Waals surface area contributed by atoms with Gasteiger partial charge in [-0.2, -0.15) is 0 Å². The number of rotatable bonds is 10. The zero-order valence-electron chi connectivity index (χ0n) is 23.6. The average Bonchev–Trinajstić information content (AvgIpc) is 2.97. The van der Waals surface area contributed by atoms with Crippen molar-refractivity contribution >= 4 is 46.7 Å². The maximum absolute atomic E-state index is 13.4. The fourth-order valence-electron chi connectivity index (χ4n) is 4.72. The van der Waals surface area contributed by atoms with Crippen molar-refractivity contribution in [1.82, 2.24) is 4.90 Å². The predicted molar refractivity (Wildman–Crippen MR) is 155 cm³/mol. The van der Waals surface area contributed by atoms with Crippen LogP contribution in [-0.4, -0.2) is 55.7 Å². The molecule has 0 aliphatic heterocycles. The first-order valence-corrected chi connectivity index (χ1v) is 13.1. The lowest BCUT2D eigenvalue weighted by Gasteiger charge is -2.29. The van der Waals surface area contributed by atoms with Gasteiger partial charge in [0.1, 0.15) is 0 Å². The van der Waals surface area contributed by atoms with Crippen LogP contribution < -0.4 is 10.6 Å². The zero-order valence-corrected chi connectivity index (χ0v) is 23.6. The van der Waals surface area contributed by atoms with Crippen LogP contribution in [-0.2, 0) is 32.0 Å². The third kappa shape index (κ3) is 7.08. The number of carbonyl (C=O) groups is 5. The highest BCUT2D eigenvalue weighted by molar-refractivity contribution is 6.39. The maximum atomic E-state index is 13.4. The van der Waals surface area contributed by atoms with E-state index < -0.39 is 46.7 Å². The summed E-state index contributed by atoms with van der Waals surface area (Å²) in [5, 5.41) is 30.1. The Morgan fingerprint density at radius 3 is 2.12 bits per heavy atom. The molecule has 0 aliphatic carbocycles. The topological polar surface area (TPSA) is 201 Å². The molecule has 13 nitrogen and oxygen atoms in total. The number of aromatic carboxylic acids is 1. The van der Waals surface area contributed by atoms with Gasteiger partial charge < -0.3 is 15.9 Å². The number of anilines is 2. The summed E-state index contributed by atoms with van der Waals surface area (Å²) >= 11 is 0. The van der Waals surface area contributed by atoms with Crippen molar-refractivity contribution in [3.05, 3.63) is 99.1 Å². The quantitative estimate of drug-likeness (QED) is 0.178. The molecule has 0 radical (unpaired) electrons. The Morgan fingerprint density at radius 2 is 1.58 bits per heavy atom. The Kier molecular flexibility index (Phi) is 10.1. The van der Waals surface area contributed by atoms with Crippen LogP contribution in [0.1, 0.15) is 53.9 Å². The molecule has 0 saturated heterocycles. The first-order chi connectivity index (χ1) is 20.3. The Morgan fingerprint density at radius 1 is 0.953 bits per heavy atom. The van der Waals surface area contributed by atoms with Crippen molar-refractivity contribution in [2.45, 2.75) is 45.7 Å². The number of imide groups is 1. The molecule has 0 fully saturated rings. The first-order valence-electron chi connectivity index (χ1n) is 13.1. The normalized spacial score (nSPS) is 12.1. The number of aliphatic carboxylic acids is 1. The summed E-state index contributed by atoms with van der Waals surface area (Å²) < 4.78 is 0. The number of carbonyl (C=O) groups excluding carboxylic acids is 3. The van der Waals surface area contributed by atoms with Crippen LogP contribution in [0.25, 0.3) is 0 Å². The molecule has 2 atom stereocenters. The van der Waals surface area contributed by atoms with Crippen LogP contribution in [0.3, 0.4) is 0 Å². The number of carboxylic acid groups (broad SMARTS) is 2. The summed E-state index contributed by atoms with van der Waals surface area (Å²) in [6.07, 6.45) is 0.281. The molecule has 3 amide bonds. The van der Waals surface area contributed by atoms with Gasteiger partial charge in [0, 0.05) is 19.1 Å². The van der Waals surface area contributed by atoms with E-state index in [9.17, 15) is 44.3 Å². The van der Waals surface area contributed by atoms with Crippen LogP contribution in [0.2, 0.25) is 0 Å². The lowest BCUT2D eigenvalue weighted by atomic mass is 9.98. The summed E-state index contributed by atoms with van der Waals surface area (Å²) in [7, 11) is 0. The Labute approximate surface area is 246 Å². The fraction of sp³-hybridized carbons (Fsp3) is 0.233. The Balaban J connectivity index is 1.94. The second-order valence-corrected chi connectivity index (χ2v) is 9.65. The van der Waals surface area contributed by atoms with Crippen molar-refractivity contribution in [3.63, 3.8) is 0 Å². The van der Waals surface area contributed by atoms with E-state index in [1.54, 1.807) is 19.9 Å². The molecule has 3 rings (SSSR count). The highest BCUT2D eigenvalue weighted by atomic mass is 16.6. The molecular formula is C30H30N4O9. The number of nitro groups is 1. The second kappa shape index (κ2) is 13.5. The van der Waals surface area contributed by atoms with Crippen LogP contribution in [0.4, 0.5) is 17.1 Å². The number of nitrogens with zero attached hydrogens (tertiary/aromatic N) is 3. The third-order valence-electron chi connectivity index (χ3n) is 6.85. The largest absolute Gasteiger partial charge is 0.478 e. The molecule has 0 aliphatic rings. The van der Waals surface area contributed by atoms with Crippen LogP contribution in [0, 0.1) is 10.1 Å². The van der Waals surface area contributed by atoms with E-state index in [2.05, 4.69) is 0 Å². The lowest BCUT2D eigenvalue weighted by Crippen LogP contribution is -2.48. The van der Waals surface area contributed by atoms with Gasteiger partial charge in [-0.05, 0) is 54.7 Å². The number of hydrogen-bond acceptors (Lipinski definition) is 8. The van der Waals surface area contributed by atoms with Gasteiger partial charge in [0.2, 0.25) is 11.8 Å². The number of non-ortho nitro benzene ring substituents is 1. The molecule has 0 saturated carbocycles. The molecule has 0 aromatic heterocycles. The van der Waals surface area contributed by atoms with E-state index in [0.29, 0.717) is 23.1 Å². The molecule has 224 valence electrons. The molecule has 0 spiro atoms. The first kappa shape index (κ1) is 32.1. The molecule has 0 bridgehead atoms. The summed E-state index contributed by atoms with van der Waals surface area (Å²) in [6, 6.07) is 13.6. The van der Waals surface area contributed by atoms with E-state index in [4.69, 9.17) is 5.73 Å². The Hall–Kier alpha value is -5.43. The van der Waals surface area contributed by atoms with Gasteiger partial charge in [0.25, 0.3) is 5.69 Å². The van der Waals surface area contributed by atoms with Gasteiger partial charge in [-0.3, -0.25) is 34.3 Å². The van der Waals surface area contributed by atoms with Crippen LogP contribution in [0.5, 0.6) is 0 Å². The zero-order chi connectivity index (χ0) is 32.0. The van der Waals surface area contributed by atoms with E-state index in [-0.39, 0.29) is 29.0 Å². The summed E-state index contributed by atoms with van der Waals surface area (Å²) in [5.74, 6) is -5.75. The summed E-state index contributed by atoms with van der Waals surface area (Å²) in [4.78, 5) is 74.4. The van der Waals surface area contributed by atoms with E-state index in [1.807, 2.05) is 0 Å². The van der Waals surface area contributed by atoms with E-state index in [1.165, 1.54) is 67.6 Å². The van der Waals surface area contributed by atoms with E-state index in [0.717, 1.165) is 9.80 Å². The number of aryl methyl sites for hydroxylation is 1. The van der Waals surface area contributed by atoms with Gasteiger partial charge in [-0.25, -0.2) is 9.59 Å². The molecule has 0 unspecified atom stereocenters. The summed E-state index contributed by atoms with van der Waals surface area (Å²) in [6.45, 7) is 4.56. The predicted octanol–water partition coefficient (Wildman–Crippen LogP) is 3.61. The summed E-state index contributed by atoms with van der Waals surface area (Å²) in [5.41, 5.74) is 7.36. The standard InChI is InChI=1S/C30H30N4O9/c1-4-20-15-19(9-14-25(20)33(28(37)30(40)41)26-8-6-5-7-23(26)29(38)39)16-24(31)27(36)32(18(3)35)17(2)21-10-12-22(13-11-21)34(42)43/h5-15,17,24H,4,16,31H2,1-3H3,(H,38,39)(H,40,41)/t17-,24+/m1/s1. The fourth-order valence-corrected chi connectivity index (χ4v) is 4.72. The van der Waals surface area contributed by atoms with Gasteiger partial charge in [-0.15, -0.1) is 0 Å². The number of nitrogens with two attached hydrogens (primary N) is 1. The SMILES string of the molecule is CCc1cc(C[C@H](N)C(=O)N(C(C)=O)[C@H](C)c2ccc([N+](=O)[O-])cc2)ccc1N(C(=O)C(=O)O)c1ccccc1C(=O)O. The van der Waals surface area contributed by atoms with Crippen molar-refractivity contribution in [2.24, 2.45) is 5.73 Å². The number of para-hydroxylation sites is 1. The van der Waals surface area contributed by atoms with Crippen LogP contribution in [0.15, 0.2) is 66.7 Å². The number of nitro benzene ring substituents is 1. The van der Waals surface area contributed by atoms with Gasteiger partial charge in [-0.1, -0.05) is 43.3 Å². The van der Waals surface area contributed by atoms with Gasteiger partial charge in [0.05, 0.1) is 33.9 Å². The smallest absolute Gasteiger partial charge is 0.395 e. The molecule has 3 aromatic rings. The van der Waals surface area contributed by atoms with Crippen molar-refractivity contribution in [3.8, 4) is 0 Å². The molecule has 43 heavy (non-hydrogen) atoms. The highest BCUT2D eigenvalue weighted by Crippen LogP contribution is 2.33. The molecular weight excluding hydrogens is 560 g/mol. The van der Waals surface area contributed by atoms with Crippen LogP contribution >= 0.6 is 0 Å². The molecule has 0 heterocycles. The van der Waals surface area contributed by atoms with Crippen molar-refractivity contribution in [1.29, 1.82) is 0 Å². The molecule has 4 N–H and O–H groups in total. The van der Waals surface area contributed by atoms with Crippen molar-refractivity contribution in [2.75, 3.05) is 4.90 Å². The minimum Gasteiger partial charge on any atom is -0.478 e. The third-order valence-corrected chi connectivity index (χ3v) is 6.85. The lowest BCUT2D eigenvalue weighted by molar-refractivity contribution is -0.384. The van der Waals surface area contributed by atoms with Gasteiger partial charge in [0.15, 0.2) is 0 Å². The minimum absolute atomic E-state index is 0.0263. The Bertz CT molecular complexity index is 1590. The van der Waals surface area contributed by atoms with Gasteiger partial charge >= 0.3 is 17.8 Å². The average molecular weight is 591 g/mol. The highest BCUT2D eigenvalue weighted by Gasteiger charge is 2.32. The number of benzene rings is 3. The monoisotopic (exact) mass is 590 g/mol. The molecule has 3 aromatic carbocycles. The van der Waals surface area contributed by atoms with E-state index >= 15 is 0 Å². The number of amides is 3. The number of hydrogen-bond donors (Lipinski definition) is 3.